The van der Waals surface area contributed by atoms with E-state index >= 15 is 0 Å². The molecule has 1 amide bonds. The van der Waals surface area contributed by atoms with E-state index in [4.69, 9.17) is 0 Å². The Morgan fingerprint density at radius 1 is 1.38 bits per heavy atom. The predicted molar refractivity (Wildman–Crippen MR) is 77.6 cm³/mol. The molecule has 21 heavy (non-hydrogen) atoms. The Hall–Kier alpha value is -1.62. The van der Waals surface area contributed by atoms with Crippen molar-refractivity contribution in [3.63, 3.8) is 0 Å². The van der Waals surface area contributed by atoms with E-state index in [1.165, 1.54) is 11.0 Å². The van der Waals surface area contributed by atoms with E-state index in [1.54, 1.807) is 25.1 Å². The molecule has 3 aliphatic heterocycles. The number of piperidine rings is 3. The summed E-state index contributed by atoms with van der Waals surface area (Å²) in [5, 5.41) is 9.66. The first-order valence-electron chi connectivity index (χ1n) is 7.56. The molecular weight excluding hydrogens is 271 g/mol. The van der Waals surface area contributed by atoms with Crippen LogP contribution in [0.4, 0.5) is 9.18 Å². The second-order valence-electron chi connectivity index (χ2n) is 6.09. The van der Waals surface area contributed by atoms with Crippen molar-refractivity contribution in [2.45, 2.75) is 31.8 Å². The van der Waals surface area contributed by atoms with Gasteiger partial charge in [0.25, 0.3) is 0 Å². The Bertz CT molecular complexity index is 529. The average molecular weight is 292 g/mol. The molecule has 1 N–H and O–H groups in total. The van der Waals surface area contributed by atoms with Crippen LogP contribution in [0, 0.1) is 11.7 Å². The molecule has 3 saturated heterocycles. The van der Waals surface area contributed by atoms with Crippen LogP contribution in [0.1, 0.15) is 31.4 Å². The van der Waals surface area contributed by atoms with Crippen LogP contribution < -0.4 is 0 Å². The van der Waals surface area contributed by atoms with Gasteiger partial charge in [0, 0.05) is 12.1 Å². The van der Waals surface area contributed by atoms with Crippen molar-refractivity contribution in [3.05, 3.63) is 35.6 Å². The summed E-state index contributed by atoms with van der Waals surface area (Å²) < 4.78 is 14.0. The SMILES string of the molecule is C[C@@H](c1ccccc1F)N(C(=O)O)[C@@H]1CN2CCC1CC2. The van der Waals surface area contributed by atoms with E-state index in [0.717, 1.165) is 32.5 Å². The molecular formula is C16H21FN2O2. The fourth-order valence-corrected chi connectivity index (χ4v) is 3.81. The summed E-state index contributed by atoms with van der Waals surface area (Å²) in [6.45, 7) is 4.67. The maximum Gasteiger partial charge on any atom is 0.408 e. The largest absolute Gasteiger partial charge is 0.465 e. The van der Waals surface area contributed by atoms with E-state index in [2.05, 4.69) is 4.90 Å². The van der Waals surface area contributed by atoms with Gasteiger partial charge in [-0.2, -0.15) is 0 Å². The first kappa shape index (κ1) is 14.3. The smallest absolute Gasteiger partial charge is 0.408 e. The predicted octanol–water partition coefficient (Wildman–Crippen LogP) is 2.96. The maximum absolute atomic E-state index is 14.0. The van der Waals surface area contributed by atoms with Gasteiger partial charge in [-0.05, 0) is 44.8 Å². The lowest BCUT2D eigenvalue weighted by atomic mass is 9.82. The molecule has 0 radical (unpaired) electrons. The number of benzene rings is 1. The van der Waals surface area contributed by atoms with E-state index in [-0.39, 0.29) is 11.9 Å². The van der Waals surface area contributed by atoms with Gasteiger partial charge in [0.2, 0.25) is 0 Å². The maximum atomic E-state index is 14.0. The standard InChI is InChI=1S/C16H21FN2O2/c1-11(13-4-2-3-5-14(13)17)19(16(20)21)15-10-18-8-6-12(15)7-9-18/h2-5,11-12,15H,6-10H2,1H3,(H,20,21)/t11-,15+/m0/s1. The Kier molecular flexibility index (Phi) is 3.85. The minimum atomic E-state index is -0.954. The van der Waals surface area contributed by atoms with Crippen molar-refractivity contribution in [1.82, 2.24) is 9.80 Å². The highest BCUT2D eigenvalue weighted by Crippen LogP contribution is 2.35. The van der Waals surface area contributed by atoms with Crippen molar-refractivity contribution >= 4 is 6.09 Å². The number of nitrogens with zero attached hydrogens (tertiary/aromatic N) is 2. The van der Waals surface area contributed by atoms with Gasteiger partial charge in [-0.25, -0.2) is 9.18 Å². The zero-order valence-electron chi connectivity index (χ0n) is 12.2. The number of rotatable bonds is 3. The van der Waals surface area contributed by atoms with Crippen LogP contribution in [0.15, 0.2) is 24.3 Å². The molecule has 2 atom stereocenters. The molecule has 3 heterocycles. The van der Waals surface area contributed by atoms with Crippen LogP contribution in [-0.2, 0) is 0 Å². The lowest BCUT2D eigenvalue weighted by molar-refractivity contribution is -0.00444. The van der Waals surface area contributed by atoms with Gasteiger partial charge in [0.15, 0.2) is 0 Å². The van der Waals surface area contributed by atoms with Crippen molar-refractivity contribution in [1.29, 1.82) is 0 Å². The molecule has 1 aromatic carbocycles. The highest BCUT2D eigenvalue weighted by Gasteiger charge is 2.41. The third kappa shape index (κ3) is 2.62. The van der Waals surface area contributed by atoms with Gasteiger partial charge in [-0.3, -0.25) is 4.90 Å². The fourth-order valence-electron chi connectivity index (χ4n) is 3.81. The van der Waals surface area contributed by atoms with Gasteiger partial charge in [-0.1, -0.05) is 18.2 Å². The highest BCUT2D eigenvalue weighted by atomic mass is 19.1. The molecule has 0 unspecified atom stereocenters. The Morgan fingerprint density at radius 2 is 2.05 bits per heavy atom. The summed E-state index contributed by atoms with van der Waals surface area (Å²) in [5.74, 6) is 0.0675. The monoisotopic (exact) mass is 292 g/mol. The second kappa shape index (κ2) is 5.64. The molecule has 2 bridgehead atoms. The van der Waals surface area contributed by atoms with E-state index in [9.17, 15) is 14.3 Å². The molecule has 5 heteroatoms. The number of halogens is 1. The summed E-state index contributed by atoms with van der Waals surface area (Å²) in [4.78, 5) is 15.6. The number of hydrogen-bond donors (Lipinski definition) is 1. The van der Waals surface area contributed by atoms with Crippen molar-refractivity contribution < 1.29 is 14.3 Å². The molecule has 4 rings (SSSR count). The van der Waals surface area contributed by atoms with Gasteiger partial charge >= 0.3 is 6.09 Å². The molecule has 4 nitrogen and oxygen atoms in total. The second-order valence-corrected chi connectivity index (χ2v) is 6.09. The third-order valence-corrected chi connectivity index (χ3v) is 4.97. The zero-order valence-corrected chi connectivity index (χ0v) is 12.2. The first-order valence-corrected chi connectivity index (χ1v) is 7.56. The summed E-state index contributed by atoms with van der Waals surface area (Å²) >= 11 is 0. The van der Waals surface area contributed by atoms with Crippen LogP contribution in [0.5, 0.6) is 0 Å². The minimum Gasteiger partial charge on any atom is -0.465 e. The molecule has 114 valence electrons. The Labute approximate surface area is 124 Å². The number of amides is 1. The number of fused-ring (bicyclic) bond motifs is 3. The quantitative estimate of drug-likeness (QED) is 0.931. The van der Waals surface area contributed by atoms with Crippen molar-refractivity contribution in [3.8, 4) is 0 Å². The van der Waals surface area contributed by atoms with Gasteiger partial charge in [-0.15, -0.1) is 0 Å². The normalized spacial score (nSPS) is 29.1. The van der Waals surface area contributed by atoms with Crippen LogP contribution in [-0.4, -0.2) is 46.7 Å². The Balaban J connectivity index is 1.88. The van der Waals surface area contributed by atoms with Crippen molar-refractivity contribution in [2.24, 2.45) is 5.92 Å². The lowest BCUT2D eigenvalue weighted by Gasteiger charge is -2.49. The third-order valence-electron chi connectivity index (χ3n) is 4.97. The molecule has 1 aromatic rings. The number of carbonyl (C=O) groups is 1. The topological polar surface area (TPSA) is 43.8 Å². The summed E-state index contributed by atoms with van der Waals surface area (Å²) in [6.07, 6.45) is 1.13. The van der Waals surface area contributed by atoms with Crippen LogP contribution in [0.25, 0.3) is 0 Å². The molecule has 0 saturated carbocycles. The van der Waals surface area contributed by atoms with Gasteiger partial charge < -0.3 is 10.0 Å². The average Bonchev–Trinajstić information content (AvgIpc) is 2.48. The van der Waals surface area contributed by atoms with Gasteiger partial charge in [0.1, 0.15) is 5.82 Å². The molecule has 0 aromatic heterocycles. The molecule has 0 aliphatic carbocycles. The molecule has 3 fully saturated rings. The van der Waals surface area contributed by atoms with Crippen molar-refractivity contribution in [2.75, 3.05) is 19.6 Å². The number of hydrogen-bond acceptors (Lipinski definition) is 2. The summed E-state index contributed by atoms with van der Waals surface area (Å²) in [5.41, 5.74) is 0.455. The summed E-state index contributed by atoms with van der Waals surface area (Å²) in [7, 11) is 0. The van der Waals surface area contributed by atoms with E-state index in [0.29, 0.717) is 11.5 Å². The minimum absolute atomic E-state index is 0.0281. The molecule has 0 spiro atoms. The first-order chi connectivity index (χ1) is 10.1. The van der Waals surface area contributed by atoms with E-state index in [1.807, 2.05) is 0 Å². The van der Waals surface area contributed by atoms with Crippen LogP contribution in [0.2, 0.25) is 0 Å². The lowest BCUT2D eigenvalue weighted by Crippen LogP contribution is -2.59. The Morgan fingerprint density at radius 3 is 2.57 bits per heavy atom. The van der Waals surface area contributed by atoms with Crippen LogP contribution >= 0.6 is 0 Å². The highest BCUT2D eigenvalue weighted by molar-refractivity contribution is 5.66. The van der Waals surface area contributed by atoms with Gasteiger partial charge in [0.05, 0.1) is 12.1 Å². The number of carboxylic acid groups (broad SMARTS) is 1. The molecule has 3 aliphatic rings. The fraction of sp³-hybridized carbons (Fsp3) is 0.562. The van der Waals surface area contributed by atoms with Crippen LogP contribution in [0.3, 0.4) is 0 Å². The zero-order chi connectivity index (χ0) is 15.0. The summed E-state index contributed by atoms with van der Waals surface area (Å²) in [6, 6.07) is 5.96. The van der Waals surface area contributed by atoms with E-state index < -0.39 is 12.1 Å².